The van der Waals surface area contributed by atoms with Crippen LogP contribution in [0, 0.1) is 0 Å². The summed E-state index contributed by atoms with van der Waals surface area (Å²) < 4.78 is 5.04. The lowest BCUT2D eigenvalue weighted by molar-refractivity contribution is -0.140. The lowest BCUT2D eigenvalue weighted by atomic mass is 9.98. The van der Waals surface area contributed by atoms with E-state index >= 15 is 0 Å². The third-order valence-electron chi connectivity index (χ3n) is 4.24. The summed E-state index contributed by atoms with van der Waals surface area (Å²) in [7, 11) is 1.50. The van der Waals surface area contributed by atoms with Gasteiger partial charge < -0.3 is 14.7 Å². The van der Waals surface area contributed by atoms with E-state index < -0.39 is 17.7 Å². The molecule has 2 aromatic rings. The number of amides is 1. The van der Waals surface area contributed by atoms with Crippen molar-refractivity contribution in [3.8, 4) is 0 Å². The fourth-order valence-corrected chi connectivity index (χ4v) is 3.24. The highest BCUT2D eigenvalue weighted by Gasteiger charge is 2.46. The molecular weight excluding hydrogens is 391 g/mol. The molecule has 1 amide bonds. The lowest BCUT2D eigenvalue weighted by Gasteiger charge is -2.24. The number of aliphatic hydroxyl groups excluding tert-OH is 1. The van der Waals surface area contributed by atoms with Crippen LogP contribution in [0.5, 0.6) is 0 Å². The average molecular weight is 407 g/mol. The van der Waals surface area contributed by atoms with Crippen molar-refractivity contribution < 1.29 is 19.4 Å². The van der Waals surface area contributed by atoms with E-state index in [9.17, 15) is 14.7 Å². The van der Waals surface area contributed by atoms with Gasteiger partial charge in [-0.3, -0.25) is 14.6 Å². The second-order valence-electron chi connectivity index (χ2n) is 5.87. The highest BCUT2D eigenvalue weighted by molar-refractivity contribution is 6.46. The maximum absolute atomic E-state index is 12.7. The second kappa shape index (κ2) is 8.08. The van der Waals surface area contributed by atoms with E-state index in [1.54, 1.807) is 24.4 Å². The molecule has 1 saturated heterocycles. The molecule has 1 N–H and O–H groups in total. The molecule has 0 radical (unpaired) electrons. The lowest BCUT2D eigenvalue weighted by Crippen LogP contribution is -2.33. The molecule has 0 spiro atoms. The molecule has 27 heavy (non-hydrogen) atoms. The molecule has 2 heterocycles. The summed E-state index contributed by atoms with van der Waals surface area (Å²) in [6.07, 6.45) is 1.56. The number of rotatable bonds is 5. The second-order valence-corrected chi connectivity index (χ2v) is 6.68. The van der Waals surface area contributed by atoms with Gasteiger partial charge in [0.05, 0.1) is 27.9 Å². The number of ketones is 1. The Labute approximate surface area is 166 Å². The predicted molar refractivity (Wildman–Crippen MR) is 102 cm³/mol. The van der Waals surface area contributed by atoms with Crippen LogP contribution in [0.2, 0.25) is 10.0 Å². The summed E-state index contributed by atoms with van der Waals surface area (Å²) in [5.74, 6) is -1.84. The minimum atomic E-state index is -0.823. The van der Waals surface area contributed by atoms with E-state index in [0.29, 0.717) is 10.7 Å². The molecule has 1 aromatic heterocycles. The summed E-state index contributed by atoms with van der Waals surface area (Å²) in [6.45, 7) is 0.420. The van der Waals surface area contributed by atoms with Crippen molar-refractivity contribution >= 4 is 40.7 Å². The van der Waals surface area contributed by atoms with Crippen LogP contribution in [-0.2, 0) is 14.3 Å². The van der Waals surface area contributed by atoms with Crippen molar-refractivity contribution in [3.05, 3.63) is 69.5 Å². The van der Waals surface area contributed by atoms with Crippen molar-refractivity contribution in [3.63, 3.8) is 0 Å². The number of halogens is 2. The number of pyridine rings is 1. The number of Topliss-reactive ketones (excluding diaryl/α,β-unsaturated/α-hetero) is 1. The minimum Gasteiger partial charge on any atom is -0.507 e. The summed E-state index contributed by atoms with van der Waals surface area (Å²) in [4.78, 5) is 30.9. The third kappa shape index (κ3) is 3.69. The molecule has 1 unspecified atom stereocenters. The van der Waals surface area contributed by atoms with Crippen LogP contribution in [0.25, 0.3) is 5.76 Å². The van der Waals surface area contributed by atoms with Crippen LogP contribution in [0.4, 0.5) is 0 Å². The van der Waals surface area contributed by atoms with Crippen LogP contribution in [0.1, 0.15) is 17.3 Å². The zero-order valence-corrected chi connectivity index (χ0v) is 15.9. The van der Waals surface area contributed by atoms with Gasteiger partial charge in [0.2, 0.25) is 0 Å². The Bertz CT molecular complexity index is 915. The Morgan fingerprint density at radius 2 is 2.00 bits per heavy atom. The SMILES string of the molecule is COCCN1C(=O)C(=O)/C(=C(\O)c2ccc(Cl)c(Cl)c2)C1c1ccccn1. The number of nitrogens with zero attached hydrogens (tertiary/aromatic N) is 2. The Kier molecular flexibility index (Phi) is 5.79. The van der Waals surface area contributed by atoms with Crippen molar-refractivity contribution in [2.45, 2.75) is 6.04 Å². The van der Waals surface area contributed by atoms with Gasteiger partial charge in [-0.15, -0.1) is 0 Å². The van der Waals surface area contributed by atoms with E-state index in [-0.39, 0.29) is 35.1 Å². The fourth-order valence-electron chi connectivity index (χ4n) is 2.94. The molecule has 0 aliphatic carbocycles. The molecule has 6 nitrogen and oxygen atoms in total. The molecule has 1 fully saturated rings. The number of methoxy groups -OCH3 is 1. The standard InChI is InChI=1S/C19H16Cl2N2O4/c1-27-9-8-23-16(14-4-2-3-7-22-14)15(18(25)19(23)26)17(24)11-5-6-12(20)13(21)10-11/h2-7,10,16,24H,8-9H2,1H3/b17-15-. The first-order chi connectivity index (χ1) is 13.0. The molecular formula is C19H16Cl2N2O4. The Morgan fingerprint density at radius 3 is 2.63 bits per heavy atom. The summed E-state index contributed by atoms with van der Waals surface area (Å²) in [5, 5.41) is 11.4. The quantitative estimate of drug-likeness (QED) is 0.467. The van der Waals surface area contributed by atoms with Gasteiger partial charge in [-0.2, -0.15) is 0 Å². The molecule has 3 rings (SSSR count). The van der Waals surface area contributed by atoms with Crippen LogP contribution >= 0.6 is 23.2 Å². The molecule has 1 aliphatic rings. The maximum atomic E-state index is 12.7. The molecule has 140 valence electrons. The zero-order chi connectivity index (χ0) is 19.6. The molecule has 0 bridgehead atoms. The van der Waals surface area contributed by atoms with Gasteiger partial charge in [0.25, 0.3) is 11.7 Å². The number of carbonyl (C=O) groups is 2. The number of aromatic nitrogens is 1. The van der Waals surface area contributed by atoms with Crippen LogP contribution in [0.15, 0.2) is 48.2 Å². The summed E-state index contributed by atoms with van der Waals surface area (Å²) in [6, 6.07) is 8.82. The van der Waals surface area contributed by atoms with Crippen molar-refractivity contribution in [1.82, 2.24) is 9.88 Å². The molecule has 1 atom stereocenters. The van der Waals surface area contributed by atoms with Crippen LogP contribution < -0.4 is 0 Å². The number of likely N-dealkylation sites (tertiary alicyclic amines) is 1. The average Bonchev–Trinajstić information content (AvgIpc) is 2.93. The Balaban J connectivity index is 2.16. The first kappa shape index (κ1) is 19.4. The van der Waals surface area contributed by atoms with Gasteiger partial charge in [-0.25, -0.2) is 0 Å². The largest absolute Gasteiger partial charge is 0.507 e. The van der Waals surface area contributed by atoms with Crippen molar-refractivity contribution in [1.29, 1.82) is 0 Å². The van der Waals surface area contributed by atoms with E-state index in [4.69, 9.17) is 27.9 Å². The number of hydrogen-bond donors (Lipinski definition) is 1. The van der Waals surface area contributed by atoms with Gasteiger partial charge in [0.1, 0.15) is 11.8 Å². The topological polar surface area (TPSA) is 79.7 Å². The van der Waals surface area contributed by atoms with Gasteiger partial charge >= 0.3 is 0 Å². The maximum Gasteiger partial charge on any atom is 0.295 e. The number of hydrogen-bond acceptors (Lipinski definition) is 5. The number of ether oxygens (including phenoxy) is 1. The fraction of sp³-hybridized carbons (Fsp3) is 0.211. The van der Waals surface area contributed by atoms with Gasteiger partial charge in [0, 0.05) is 25.4 Å². The number of aliphatic hydroxyl groups is 1. The van der Waals surface area contributed by atoms with Gasteiger partial charge in [-0.05, 0) is 30.3 Å². The van der Waals surface area contributed by atoms with E-state index in [1.807, 2.05) is 0 Å². The Hall–Kier alpha value is -2.41. The van der Waals surface area contributed by atoms with E-state index in [2.05, 4.69) is 4.98 Å². The zero-order valence-electron chi connectivity index (χ0n) is 14.4. The number of carbonyl (C=O) groups excluding carboxylic acids is 2. The van der Waals surface area contributed by atoms with E-state index in [1.165, 1.54) is 30.2 Å². The van der Waals surface area contributed by atoms with Crippen molar-refractivity contribution in [2.24, 2.45) is 0 Å². The first-order valence-corrected chi connectivity index (χ1v) is 8.85. The monoisotopic (exact) mass is 406 g/mol. The number of benzene rings is 1. The summed E-state index contributed by atoms with van der Waals surface area (Å²) >= 11 is 11.9. The van der Waals surface area contributed by atoms with Gasteiger partial charge in [-0.1, -0.05) is 29.3 Å². The van der Waals surface area contributed by atoms with Crippen molar-refractivity contribution in [2.75, 3.05) is 20.3 Å². The highest BCUT2D eigenvalue weighted by Crippen LogP contribution is 2.39. The minimum absolute atomic E-state index is 0.0480. The molecule has 1 aliphatic heterocycles. The first-order valence-electron chi connectivity index (χ1n) is 8.09. The molecule has 8 heteroatoms. The highest BCUT2D eigenvalue weighted by atomic mass is 35.5. The third-order valence-corrected chi connectivity index (χ3v) is 4.98. The van der Waals surface area contributed by atoms with Crippen LogP contribution in [0.3, 0.4) is 0 Å². The van der Waals surface area contributed by atoms with Gasteiger partial charge in [0.15, 0.2) is 0 Å². The smallest absolute Gasteiger partial charge is 0.295 e. The summed E-state index contributed by atoms with van der Waals surface area (Å²) in [5.41, 5.74) is 0.706. The predicted octanol–water partition coefficient (Wildman–Crippen LogP) is 3.46. The van der Waals surface area contributed by atoms with E-state index in [0.717, 1.165) is 0 Å². The van der Waals surface area contributed by atoms with Crippen LogP contribution in [-0.4, -0.2) is 46.9 Å². The molecule has 1 aromatic carbocycles. The molecule has 0 saturated carbocycles. The normalized spacial score (nSPS) is 18.9. The Morgan fingerprint density at radius 1 is 1.22 bits per heavy atom.